The van der Waals surface area contributed by atoms with Gasteiger partial charge < -0.3 is 15.2 Å². The van der Waals surface area contributed by atoms with Crippen LogP contribution in [0.4, 0.5) is 0 Å². The molecule has 6 nitrogen and oxygen atoms in total. The van der Waals surface area contributed by atoms with Gasteiger partial charge in [0.2, 0.25) is 11.8 Å². The lowest BCUT2D eigenvalue weighted by atomic mass is 10.2. The average Bonchev–Trinajstić information content (AvgIpc) is 3.23. The Morgan fingerprint density at radius 3 is 2.58 bits per heavy atom. The van der Waals surface area contributed by atoms with E-state index in [1.165, 1.54) is 12.8 Å². The lowest BCUT2D eigenvalue weighted by Crippen LogP contribution is -2.36. The molecule has 1 unspecified atom stereocenters. The molecule has 0 saturated heterocycles. The fraction of sp³-hybridized carbons (Fsp3) is 0.550. The molecule has 1 atom stereocenters. The molecular weight excluding hydrogens is 328 g/mol. The van der Waals surface area contributed by atoms with Crippen molar-refractivity contribution in [2.45, 2.75) is 65.1 Å². The Hall–Kier alpha value is -2.37. The third kappa shape index (κ3) is 4.06. The first-order valence-electron chi connectivity index (χ1n) is 9.50. The second kappa shape index (κ2) is 7.89. The van der Waals surface area contributed by atoms with E-state index in [4.69, 9.17) is 0 Å². The lowest BCUT2D eigenvalue weighted by molar-refractivity contribution is -0.124. The Bertz CT molecular complexity index is 790. The number of para-hydroxylation sites is 2. The topological polar surface area (TPSA) is 76.0 Å². The van der Waals surface area contributed by atoms with Gasteiger partial charge in [-0.05, 0) is 31.9 Å². The molecule has 1 saturated carbocycles. The zero-order valence-electron chi connectivity index (χ0n) is 15.8. The normalized spacial score (nSPS) is 16.2. The van der Waals surface area contributed by atoms with Crippen LogP contribution >= 0.6 is 0 Å². The highest BCUT2D eigenvalue weighted by molar-refractivity contribution is 5.82. The number of hydrogen-bond donors (Lipinski definition) is 2. The minimum Gasteiger partial charge on any atom is -0.352 e. The molecule has 3 rings (SSSR count). The molecule has 1 heterocycles. The van der Waals surface area contributed by atoms with Crippen molar-refractivity contribution in [2.24, 2.45) is 5.92 Å². The van der Waals surface area contributed by atoms with E-state index in [0.29, 0.717) is 11.9 Å². The molecule has 2 N–H and O–H groups in total. The summed E-state index contributed by atoms with van der Waals surface area (Å²) in [7, 11) is 0. The third-order valence-corrected chi connectivity index (χ3v) is 4.98. The van der Waals surface area contributed by atoms with E-state index in [1.54, 1.807) is 0 Å². The molecule has 2 amide bonds. The predicted octanol–water partition coefficient (Wildman–Crippen LogP) is 2.93. The number of aromatic nitrogens is 2. The SMILES string of the molecule is CC(C)C(=O)NC(C)c1nc2ccccc2n1CC(=O)NC1CCCC1. The molecule has 0 aliphatic heterocycles. The molecule has 26 heavy (non-hydrogen) atoms. The van der Waals surface area contributed by atoms with Crippen LogP contribution in [-0.2, 0) is 16.1 Å². The Labute approximate surface area is 154 Å². The number of nitrogens with zero attached hydrogens (tertiary/aromatic N) is 2. The number of nitrogens with one attached hydrogen (secondary N) is 2. The van der Waals surface area contributed by atoms with Crippen molar-refractivity contribution >= 4 is 22.8 Å². The van der Waals surface area contributed by atoms with Crippen molar-refractivity contribution in [3.63, 3.8) is 0 Å². The van der Waals surface area contributed by atoms with Crippen molar-refractivity contribution in [2.75, 3.05) is 0 Å². The first-order valence-corrected chi connectivity index (χ1v) is 9.50. The summed E-state index contributed by atoms with van der Waals surface area (Å²) in [5.41, 5.74) is 1.75. The number of carbonyl (C=O) groups is 2. The van der Waals surface area contributed by atoms with E-state index in [1.807, 2.05) is 49.6 Å². The van der Waals surface area contributed by atoms with Crippen LogP contribution in [0.3, 0.4) is 0 Å². The summed E-state index contributed by atoms with van der Waals surface area (Å²) >= 11 is 0. The van der Waals surface area contributed by atoms with Crippen molar-refractivity contribution < 1.29 is 9.59 Å². The van der Waals surface area contributed by atoms with E-state index in [2.05, 4.69) is 15.6 Å². The quantitative estimate of drug-likeness (QED) is 0.835. The monoisotopic (exact) mass is 356 g/mol. The number of amides is 2. The number of hydrogen-bond acceptors (Lipinski definition) is 3. The van der Waals surface area contributed by atoms with E-state index in [-0.39, 0.29) is 30.3 Å². The summed E-state index contributed by atoms with van der Waals surface area (Å²) in [6, 6.07) is 7.79. The van der Waals surface area contributed by atoms with Gasteiger partial charge in [0.1, 0.15) is 12.4 Å². The predicted molar refractivity (Wildman–Crippen MR) is 102 cm³/mol. The molecule has 6 heteroatoms. The largest absolute Gasteiger partial charge is 0.352 e. The van der Waals surface area contributed by atoms with E-state index < -0.39 is 0 Å². The lowest BCUT2D eigenvalue weighted by Gasteiger charge is -2.18. The van der Waals surface area contributed by atoms with Crippen molar-refractivity contribution in [1.29, 1.82) is 0 Å². The van der Waals surface area contributed by atoms with Crippen molar-refractivity contribution in [3.05, 3.63) is 30.1 Å². The molecule has 0 bridgehead atoms. The Morgan fingerprint density at radius 2 is 1.88 bits per heavy atom. The number of rotatable bonds is 6. The molecule has 1 fully saturated rings. The molecule has 0 spiro atoms. The van der Waals surface area contributed by atoms with Crippen LogP contribution in [0.2, 0.25) is 0 Å². The van der Waals surface area contributed by atoms with Crippen molar-refractivity contribution in [1.82, 2.24) is 20.2 Å². The van der Waals surface area contributed by atoms with Gasteiger partial charge in [-0.15, -0.1) is 0 Å². The Kier molecular flexibility index (Phi) is 5.59. The van der Waals surface area contributed by atoms with Gasteiger partial charge in [0.25, 0.3) is 0 Å². The van der Waals surface area contributed by atoms with Gasteiger partial charge in [-0.25, -0.2) is 4.98 Å². The Balaban J connectivity index is 1.84. The van der Waals surface area contributed by atoms with E-state index in [0.717, 1.165) is 23.9 Å². The van der Waals surface area contributed by atoms with Crippen LogP contribution < -0.4 is 10.6 Å². The fourth-order valence-electron chi connectivity index (χ4n) is 3.52. The summed E-state index contributed by atoms with van der Waals surface area (Å²) < 4.78 is 1.92. The third-order valence-electron chi connectivity index (χ3n) is 4.98. The maximum atomic E-state index is 12.6. The van der Waals surface area contributed by atoms with E-state index >= 15 is 0 Å². The van der Waals surface area contributed by atoms with Crippen LogP contribution in [0, 0.1) is 5.92 Å². The average molecular weight is 356 g/mol. The zero-order chi connectivity index (χ0) is 18.7. The first kappa shape index (κ1) is 18.4. The second-order valence-corrected chi connectivity index (χ2v) is 7.48. The highest BCUT2D eigenvalue weighted by Gasteiger charge is 2.22. The molecule has 1 aliphatic rings. The number of imidazole rings is 1. The highest BCUT2D eigenvalue weighted by atomic mass is 16.2. The van der Waals surface area contributed by atoms with Gasteiger partial charge in [0.15, 0.2) is 0 Å². The molecular formula is C20H28N4O2. The summed E-state index contributed by atoms with van der Waals surface area (Å²) in [5, 5.41) is 6.12. The molecule has 1 aromatic carbocycles. The van der Waals surface area contributed by atoms with Gasteiger partial charge in [0.05, 0.1) is 17.1 Å². The Morgan fingerprint density at radius 1 is 1.19 bits per heavy atom. The number of carbonyl (C=O) groups excluding carboxylic acids is 2. The number of fused-ring (bicyclic) bond motifs is 1. The van der Waals surface area contributed by atoms with E-state index in [9.17, 15) is 9.59 Å². The van der Waals surface area contributed by atoms with Crippen molar-refractivity contribution in [3.8, 4) is 0 Å². The van der Waals surface area contributed by atoms with Gasteiger partial charge in [-0.2, -0.15) is 0 Å². The summed E-state index contributed by atoms with van der Waals surface area (Å²) in [4.78, 5) is 29.3. The molecule has 1 aromatic heterocycles. The first-order chi connectivity index (χ1) is 12.5. The van der Waals surface area contributed by atoms with Crippen LogP contribution in [-0.4, -0.2) is 27.4 Å². The number of benzene rings is 1. The zero-order valence-corrected chi connectivity index (χ0v) is 15.8. The standard InChI is InChI=1S/C20H28N4O2/c1-13(2)20(26)21-14(3)19-23-16-10-6-7-11-17(16)24(19)12-18(25)22-15-8-4-5-9-15/h6-7,10-11,13-15H,4-5,8-9,12H2,1-3H3,(H,21,26)(H,22,25). The van der Waals surface area contributed by atoms with Gasteiger partial charge >= 0.3 is 0 Å². The molecule has 140 valence electrons. The van der Waals surface area contributed by atoms with Crippen LogP contribution in [0.1, 0.15) is 58.3 Å². The summed E-state index contributed by atoms with van der Waals surface area (Å²) in [6.07, 6.45) is 4.49. The fourth-order valence-corrected chi connectivity index (χ4v) is 3.52. The maximum Gasteiger partial charge on any atom is 0.240 e. The maximum absolute atomic E-state index is 12.6. The van der Waals surface area contributed by atoms with Crippen LogP contribution in [0.15, 0.2) is 24.3 Å². The van der Waals surface area contributed by atoms with Gasteiger partial charge in [-0.3, -0.25) is 9.59 Å². The van der Waals surface area contributed by atoms with Crippen LogP contribution in [0.5, 0.6) is 0 Å². The smallest absolute Gasteiger partial charge is 0.240 e. The molecule has 1 aliphatic carbocycles. The summed E-state index contributed by atoms with van der Waals surface area (Å²) in [5.74, 6) is 0.595. The highest BCUT2D eigenvalue weighted by Crippen LogP contribution is 2.22. The minimum atomic E-state index is -0.267. The molecule has 0 radical (unpaired) electrons. The van der Waals surface area contributed by atoms with Gasteiger partial charge in [0, 0.05) is 12.0 Å². The molecule has 2 aromatic rings. The van der Waals surface area contributed by atoms with Crippen LogP contribution in [0.25, 0.3) is 11.0 Å². The second-order valence-electron chi connectivity index (χ2n) is 7.48. The summed E-state index contributed by atoms with van der Waals surface area (Å²) in [6.45, 7) is 5.85. The van der Waals surface area contributed by atoms with Gasteiger partial charge in [-0.1, -0.05) is 38.8 Å². The minimum absolute atomic E-state index is 0.00342.